The van der Waals surface area contributed by atoms with Crippen LogP contribution in [0.5, 0.6) is 0 Å². The third-order valence-electron chi connectivity index (χ3n) is 2.00. The summed E-state index contributed by atoms with van der Waals surface area (Å²) in [7, 11) is 1.37. The number of carbonyl (C=O) groups is 1. The highest BCUT2D eigenvalue weighted by molar-refractivity contribution is 8.20. The number of carbonyl (C=O) groups excluding carboxylic acids is 1. The van der Waals surface area contributed by atoms with Crippen molar-refractivity contribution in [2.75, 3.05) is 13.4 Å². The summed E-state index contributed by atoms with van der Waals surface area (Å²) in [5.41, 5.74) is 5.59. The van der Waals surface area contributed by atoms with Crippen molar-refractivity contribution < 1.29 is 9.53 Å². The Morgan fingerprint density at radius 1 is 1.79 bits per heavy atom. The Kier molecular flexibility index (Phi) is 3.86. The predicted octanol–water partition coefficient (Wildman–Crippen LogP) is 1.38. The maximum Gasteiger partial charge on any atom is 0.333 e. The zero-order valence-corrected chi connectivity index (χ0v) is 10.3. The summed E-state index contributed by atoms with van der Waals surface area (Å²) in [5.74, 6) is -0.525. The number of nitrogens with two attached hydrogens (primary N) is 1. The molecule has 78 valence electrons. The fourth-order valence-electron chi connectivity index (χ4n) is 1.28. The molecule has 2 unspecified atom stereocenters. The molecule has 1 aliphatic rings. The van der Waals surface area contributed by atoms with Gasteiger partial charge in [-0.3, -0.25) is 0 Å². The molecule has 0 spiro atoms. The van der Waals surface area contributed by atoms with Crippen molar-refractivity contribution in [2.45, 2.75) is 4.08 Å². The highest BCUT2D eigenvalue weighted by atomic mass is 32.2. The highest BCUT2D eigenvalue weighted by Crippen LogP contribution is 2.49. The molecule has 0 saturated heterocycles. The van der Waals surface area contributed by atoms with E-state index in [1.807, 2.05) is 17.7 Å². The van der Waals surface area contributed by atoms with Crippen LogP contribution in [0.1, 0.15) is 0 Å². The molecular formula is C8H11NO2S3. The predicted molar refractivity (Wildman–Crippen MR) is 65.3 cm³/mol. The van der Waals surface area contributed by atoms with Gasteiger partial charge in [0.15, 0.2) is 4.08 Å². The van der Waals surface area contributed by atoms with Gasteiger partial charge in [0.1, 0.15) is 0 Å². The second-order valence-electron chi connectivity index (χ2n) is 2.69. The molecule has 0 fully saturated rings. The van der Waals surface area contributed by atoms with Crippen molar-refractivity contribution in [3.05, 3.63) is 11.5 Å². The summed E-state index contributed by atoms with van der Waals surface area (Å²) in [4.78, 5) is 12.0. The fourth-order valence-corrected chi connectivity index (χ4v) is 3.91. The monoisotopic (exact) mass is 249 g/mol. The molecule has 1 aliphatic heterocycles. The minimum atomic E-state index is -0.722. The molecule has 3 nitrogen and oxygen atoms in total. The SMILES string of the molecule is COC(=O)C1(SC)SC=CC1C(N)=S. The molecule has 0 radical (unpaired) electrons. The molecule has 0 saturated carbocycles. The molecule has 0 bridgehead atoms. The van der Waals surface area contributed by atoms with Crippen LogP contribution in [0.15, 0.2) is 11.5 Å². The number of thiocarbonyl (C=S) groups is 1. The van der Waals surface area contributed by atoms with E-state index in [1.54, 1.807) is 0 Å². The van der Waals surface area contributed by atoms with E-state index in [-0.39, 0.29) is 11.9 Å². The summed E-state index contributed by atoms with van der Waals surface area (Å²) in [6.07, 6.45) is 3.70. The zero-order chi connectivity index (χ0) is 10.8. The van der Waals surface area contributed by atoms with Crippen LogP contribution in [0, 0.1) is 5.92 Å². The number of ether oxygens (including phenoxy) is 1. The third-order valence-corrected chi connectivity index (χ3v) is 5.14. The Balaban J connectivity index is 3.00. The molecule has 0 aromatic rings. The number of thioether (sulfide) groups is 2. The second-order valence-corrected chi connectivity index (χ2v) is 5.62. The highest BCUT2D eigenvalue weighted by Gasteiger charge is 2.49. The second kappa shape index (κ2) is 4.55. The van der Waals surface area contributed by atoms with E-state index in [9.17, 15) is 4.79 Å². The zero-order valence-electron chi connectivity index (χ0n) is 7.85. The summed E-state index contributed by atoms with van der Waals surface area (Å²) >= 11 is 7.74. The van der Waals surface area contributed by atoms with E-state index in [1.165, 1.54) is 30.6 Å². The van der Waals surface area contributed by atoms with Crippen LogP contribution < -0.4 is 5.73 Å². The largest absolute Gasteiger partial charge is 0.467 e. The Morgan fingerprint density at radius 2 is 2.43 bits per heavy atom. The Bertz CT molecular complexity index is 292. The van der Waals surface area contributed by atoms with Crippen molar-refractivity contribution in [3.63, 3.8) is 0 Å². The van der Waals surface area contributed by atoms with Crippen molar-refractivity contribution in [1.29, 1.82) is 0 Å². The lowest BCUT2D eigenvalue weighted by molar-refractivity contribution is -0.141. The minimum absolute atomic E-state index is 0.232. The molecule has 0 aliphatic carbocycles. The van der Waals surface area contributed by atoms with Crippen LogP contribution in [0.2, 0.25) is 0 Å². The van der Waals surface area contributed by atoms with Gasteiger partial charge in [0.2, 0.25) is 0 Å². The van der Waals surface area contributed by atoms with Crippen molar-refractivity contribution in [3.8, 4) is 0 Å². The van der Waals surface area contributed by atoms with E-state index in [2.05, 4.69) is 0 Å². The number of esters is 1. The van der Waals surface area contributed by atoms with Crippen molar-refractivity contribution >= 4 is 46.7 Å². The van der Waals surface area contributed by atoms with E-state index in [0.717, 1.165) is 0 Å². The average Bonchev–Trinajstić information content (AvgIpc) is 2.61. The average molecular weight is 249 g/mol. The first-order valence-electron chi connectivity index (χ1n) is 3.86. The van der Waals surface area contributed by atoms with E-state index in [4.69, 9.17) is 22.7 Å². The molecule has 2 atom stereocenters. The lowest BCUT2D eigenvalue weighted by Gasteiger charge is -2.28. The molecule has 0 aromatic carbocycles. The Hall–Kier alpha value is -0.200. The van der Waals surface area contributed by atoms with Crippen LogP contribution in [0.4, 0.5) is 0 Å². The van der Waals surface area contributed by atoms with Gasteiger partial charge < -0.3 is 10.5 Å². The molecule has 0 aromatic heterocycles. The van der Waals surface area contributed by atoms with E-state index < -0.39 is 4.08 Å². The van der Waals surface area contributed by atoms with Gasteiger partial charge in [-0.1, -0.05) is 18.3 Å². The molecule has 1 heterocycles. The van der Waals surface area contributed by atoms with Gasteiger partial charge in [-0.05, 0) is 11.7 Å². The van der Waals surface area contributed by atoms with Gasteiger partial charge in [0.05, 0.1) is 18.0 Å². The van der Waals surface area contributed by atoms with Crippen LogP contribution in [-0.2, 0) is 9.53 Å². The summed E-state index contributed by atoms with van der Waals surface area (Å²) in [6, 6.07) is 0. The van der Waals surface area contributed by atoms with Crippen molar-refractivity contribution in [1.82, 2.24) is 0 Å². The molecule has 14 heavy (non-hydrogen) atoms. The number of rotatable bonds is 3. The number of hydrogen-bond acceptors (Lipinski definition) is 5. The maximum absolute atomic E-state index is 11.7. The van der Waals surface area contributed by atoms with Crippen molar-refractivity contribution in [2.24, 2.45) is 11.7 Å². The normalized spacial score (nSPS) is 30.3. The van der Waals surface area contributed by atoms with Gasteiger partial charge in [-0.25, -0.2) is 4.79 Å². The topological polar surface area (TPSA) is 52.3 Å². The first-order valence-corrected chi connectivity index (χ1v) is 6.37. The lowest BCUT2D eigenvalue weighted by atomic mass is 10.1. The molecule has 0 amide bonds. The van der Waals surface area contributed by atoms with Crippen LogP contribution >= 0.6 is 35.7 Å². The van der Waals surface area contributed by atoms with Gasteiger partial charge in [0.25, 0.3) is 0 Å². The molecule has 2 N–H and O–H groups in total. The summed E-state index contributed by atoms with van der Waals surface area (Å²) in [6.45, 7) is 0. The number of methoxy groups -OCH3 is 1. The maximum atomic E-state index is 11.7. The van der Waals surface area contributed by atoms with Crippen LogP contribution in [-0.4, -0.2) is 28.4 Å². The van der Waals surface area contributed by atoms with Crippen LogP contribution in [0.3, 0.4) is 0 Å². The smallest absolute Gasteiger partial charge is 0.333 e. The molecule has 6 heteroatoms. The minimum Gasteiger partial charge on any atom is -0.467 e. The fraction of sp³-hybridized carbons (Fsp3) is 0.500. The lowest BCUT2D eigenvalue weighted by Crippen LogP contribution is -2.43. The quantitative estimate of drug-likeness (QED) is 0.602. The van der Waals surface area contributed by atoms with Gasteiger partial charge in [-0.2, -0.15) is 0 Å². The van der Waals surface area contributed by atoms with Crippen LogP contribution in [0.25, 0.3) is 0 Å². The van der Waals surface area contributed by atoms with E-state index >= 15 is 0 Å². The van der Waals surface area contributed by atoms with Gasteiger partial charge >= 0.3 is 5.97 Å². The molecular weight excluding hydrogens is 238 g/mol. The Labute approximate surface area is 96.8 Å². The third kappa shape index (κ3) is 1.78. The van der Waals surface area contributed by atoms with E-state index in [0.29, 0.717) is 4.99 Å². The summed E-state index contributed by atoms with van der Waals surface area (Å²) in [5, 5.41) is 1.84. The molecule has 1 rings (SSSR count). The first-order chi connectivity index (χ1) is 6.58. The first kappa shape index (κ1) is 11.9. The van der Waals surface area contributed by atoms with Gasteiger partial charge in [0, 0.05) is 0 Å². The standard InChI is InChI=1S/C8H11NO2S3/c1-11-7(10)8(13-2)5(6(9)12)3-4-14-8/h3-5H,1-2H3,(H2,9,12). The Morgan fingerprint density at radius 3 is 2.86 bits per heavy atom. The van der Waals surface area contributed by atoms with Gasteiger partial charge in [-0.15, -0.1) is 23.5 Å². The number of hydrogen-bond donors (Lipinski definition) is 1. The summed E-state index contributed by atoms with van der Waals surface area (Å²) < 4.78 is 4.05.